The van der Waals surface area contributed by atoms with Crippen LogP contribution in [0, 0.1) is 5.92 Å². The van der Waals surface area contributed by atoms with Crippen LogP contribution >= 0.6 is 0 Å². The van der Waals surface area contributed by atoms with Crippen LogP contribution in [0.5, 0.6) is 0 Å². The molecule has 1 fully saturated rings. The Balaban J connectivity index is 2.06. The van der Waals surface area contributed by atoms with Crippen molar-refractivity contribution in [1.82, 2.24) is 10.2 Å². The van der Waals surface area contributed by atoms with Gasteiger partial charge in [0.1, 0.15) is 0 Å². The fraction of sp³-hybridized carbons (Fsp3) is 0.647. The van der Waals surface area contributed by atoms with E-state index in [0.29, 0.717) is 12.1 Å². The van der Waals surface area contributed by atoms with Crippen LogP contribution in [0.4, 0.5) is 0 Å². The third kappa shape index (κ3) is 4.05. The Labute approximate surface area is 118 Å². The minimum absolute atomic E-state index is 0.482. The molecule has 0 saturated carbocycles. The van der Waals surface area contributed by atoms with Crippen molar-refractivity contribution >= 4 is 0 Å². The van der Waals surface area contributed by atoms with Gasteiger partial charge in [-0.1, -0.05) is 50.6 Å². The summed E-state index contributed by atoms with van der Waals surface area (Å²) in [6, 6.07) is 12.0. The second-order valence-corrected chi connectivity index (χ2v) is 6.02. The van der Waals surface area contributed by atoms with Crippen molar-refractivity contribution in [3.8, 4) is 0 Å². The summed E-state index contributed by atoms with van der Waals surface area (Å²) in [7, 11) is 0. The third-order valence-corrected chi connectivity index (χ3v) is 4.44. The molecule has 1 aromatic carbocycles. The second kappa shape index (κ2) is 7.06. The fourth-order valence-corrected chi connectivity index (χ4v) is 2.82. The van der Waals surface area contributed by atoms with E-state index in [1.165, 1.54) is 24.9 Å². The van der Waals surface area contributed by atoms with Crippen LogP contribution in [0.2, 0.25) is 0 Å². The molecule has 1 saturated heterocycles. The summed E-state index contributed by atoms with van der Waals surface area (Å²) >= 11 is 0. The topological polar surface area (TPSA) is 15.3 Å². The summed E-state index contributed by atoms with van der Waals surface area (Å²) in [5.41, 5.74) is 1.42. The largest absolute Gasteiger partial charge is 0.309 e. The van der Waals surface area contributed by atoms with Crippen LogP contribution in [-0.4, -0.2) is 30.6 Å². The predicted molar refractivity (Wildman–Crippen MR) is 82.3 cm³/mol. The van der Waals surface area contributed by atoms with E-state index >= 15 is 0 Å². The molecular formula is C17H28N2. The molecule has 19 heavy (non-hydrogen) atoms. The van der Waals surface area contributed by atoms with Crippen molar-refractivity contribution in [3.63, 3.8) is 0 Å². The molecule has 0 aliphatic carbocycles. The Kier molecular flexibility index (Phi) is 5.41. The molecule has 1 N–H and O–H groups in total. The predicted octanol–water partition coefficient (Wildman–Crippen LogP) is 3.46. The maximum absolute atomic E-state index is 3.71. The van der Waals surface area contributed by atoms with E-state index in [1.54, 1.807) is 0 Å². The van der Waals surface area contributed by atoms with Crippen molar-refractivity contribution in [2.75, 3.05) is 19.6 Å². The lowest BCUT2D eigenvalue weighted by Gasteiger charge is -2.31. The van der Waals surface area contributed by atoms with E-state index in [1.807, 2.05) is 0 Å². The molecule has 2 heteroatoms. The van der Waals surface area contributed by atoms with E-state index in [4.69, 9.17) is 0 Å². The van der Waals surface area contributed by atoms with E-state index in [2.05, 4.69) is 61.3 Å². The molecule has 1 heterocycles. The molecule has 3 atom stereocenters. The van der Waals surface area contributed by atoms with Crippen LogP contribution in [0.3, 0.4) is 0 Å². The van der Waals surface area contributed by atoms with Gasteiger partial charge in [0.15, 0.2) is 0 Å². The van der Waals surface area contributed by atoms with Gasteiger partial charge in [0.05, 0.1) is 0 Å². The molecule has 106 valence electrons. The Morgan fingerprint density at radius 1 is 1.32 bits per heavy atom. The lowest BCUT2D eigenvalue weighted by molar-refractivity contribution is 0.176. The number of nitrogens with one attached hydrogen (secondary N) is 1. The van der Waals surface area contributed by atoms with Gasteiger partial charge in [-0.3, -0.25) is 4.90 Å². The van der Waals surface area contributed by atoms with Crippen LogP contribution in [0.25, 0.3) is 0 Å². The fourth-order valence-electron chi connectivity index (χ4n) is 2.82. The second-order valence-electron chi connectivity index (χ2n) is 6.02. The van der Waals surface area contributed by atoms with Gasteiger partial charge >= 0.3 is 0 Å². The molecule has 0 radical (unpaired) electrons. The van der Waals surface area contributed by atoms with Crippen LogP contribution in [0.1, 0.15) is 45.2 Å². The van der Waals surface area contributed by atoms with Gasteiger partial charge in [-0.25, -0.2) is 0 Å². The molecule has 1 aromatic rings. The molecule has 2 rings (SSSR count). The summed E-state index contributed by atoms with van der Waals surface area (Å²) in [4.78, 5) is 2.67. The average molecular weight is 260 g/mol. The highest BCUT2D eigenvalue weighted by atomic mass is 15.2. The number of hydrogen-bond acceptors (Lipinski definition) is 2. The molecule has 0 amide bonds. The first-order chi connectivity index (χ1) is 9.20. The Morgan fingerprint density at radius 3 is 2.74 bits per heavy atom. The number of hydrogen-bond donors (Lipinski definition) is 1. The first-order valence-corrected chi connectivity index (χ1v) is 7.73. The van der Waals surface area contributed by atoms with Gasteiger partial charge in [-0.2, -0.15) is 0 Å². The first kappa shape index (κ1) is 14.5. The first-order valence-electron chi connectivity index (χ1n) is 7.73. The molecule has 1 aliphatic rings. The highest BCUT2D eigenvalue weighted by Gasteiger charge is 2.24. The SMILES string of the molecule is CCC(C)CN1CC(c2ccccc2)NCCC1C. The van der Waals surface area contributed by atoms with Crippen LogP contribution in [-0.2, 0) is 0 Å². The maximum atomic E-state index is 3.71. The van der Waals surface area contributed by atoms with Crippen molar-refractivity contribution in [3.05, 3.63) is 35.9 Å². The normalized spacial score (nSPS) is 26.9. The van der Waals surface area contributed by atoms with Crippen LogP contribution in [0.15, 0.2) is 30.3 Å². The standard InChI is InChI=1S/C17H28N2/c1-4-14(2)12-19-13-17(18-11-10-15(19)3)16-8-6-5-7-9-16/h5-9,14-15,17-18H,4,10-13H2,1-3H3. The van der Waals surface area contributed by atoms with Gasteiger partial charge < -0.3 is 5.32 Å². The maximum Gasteiger partial charge on any atom is 0.0449 e. The van der Waals surface area contributed by atoms with Gasteiger partial charge in [0.2, 0.25) is 0 Å². The van der Waals surface area contributed by atoms with Crippen molar-refractivity contribution < 1.29 is 0 Å². The summed E-state index contributed by atoms with van der Waals surface area (Å²) in [5.74, 6) is 0.789. The third-order valence-electron chi connectivity index (χ3n) is 4.44. The number of nitrogens with zero attached hydrogens (tertiary/aromatic N) is 1. The minimum atomic E-state index is 0.482. The average Bonchev–Trinajstić information content (AvgIpc) is 2.62. The molecular weight excluding hydrogens is 232 g/mol. The molecule has 3 unspecified atom stereocenters. The molecule has 0 bridgehead atoms. The van der Waals surface area contributed by atoms with Gasteiger partial charge in [0.25, 0.3) is 0 Å². The Bertz CT molecular complexity index is 363. The summed E-state index contributed by atoms with van der Waals surface area (Å²) in [6.45, 7) is 10.5. The monoisotopic (exact) mass is 260 g/mol. The van der Waals surface area contributed by atoms with E-state index in [0.717, 1.165) is 19.0 Å². The van der Waals surface area contributed by atoms with E-state index < -0.39 is 0 Å². The Hall–Kier alpha value is -0.860. The summed E-state index contributed by atoms with van der Waals surface area (Å²) < 4.78 is 0. The molecule has 2 nitrogen and oxygen atoms in total. The smallest absolute Gasteiger partial charge is 0.0449 e. The van der Waals surface area contributed by atoms with Gasteiger partial charge in [-0.15, -0.1) is 0 Å². The zero-order valence-electron chi connectivity index (χ0n) is 12.6. The minimum Gasteiger partial charge on any atom is -0.309 e. The van der Waals surface area contributed by atoms with Crippen molar-refractivity contribution in [2.24, 2.45) is 5.92 Å². The number of benzene rings is 1. The van der Waals surface area contributed by atoms with Crippen molar-refractivity contribution in [2.45, 2.75) is 45.7 Å². The van der Waals surface area contributed by atoms with E-state index in [9.17, 15) is 0 Å². The Morgan fingerprint density at radius 2 is 2.05 bits per heavy atom. The summed E-state index contributed by atoms with van der Waals surface area (Å²) in [6.07, 6.45) is 2.52. The quantitative estimate of drug-likeness (QED) is 0.892. The van der Waals surface area contributed by atoms with E-state index in [-0.39, 0.29) is 0 Å². The molecule has 0 aromatic heterocycles. The van der Waals surface area contributed by atoms with Gasteiger partial charge in [0, 0.05) is 25.2 Å². The molecule has 1 aliphatic heterocycles. The highest BCUT2D eigenvalue weighted by molar-refractivity contribution is 5.19. The number of rotatable bonds is 4. The zero-order chi connectivity index (χ0) is 13.7. The van der Waals surface area contributed by atoms with Crippen LogP contribution < -0.4 is 5.32 Å². The zero-order valence-corrected chi connectivity index (χ0v) is 12.6. The lowest BCUT2D eigenvalue weighted by atomic mass is 10.0. The highest BCUT2D eigenvalue weighted by Crippen LogP contribution is 2.21. The van der Waals surface area contributed by atoms with Crippen molar-refractivity contribution in [1.29, 1.82) is 0 Å². The van der Waals surface area contributed by atoms with Gasteiger partial charge in [-0.05, 0) is 31.4 Å². The summed E-state index contributed by atoms with van der Waals surface area (Å²) in [5, 5.41) is 3.71. The lowest BCUT2D eigenvalue weighted by Crippen LogP contribution is -2.38. The molecule has 0 spiro atoms.